The largest absolute Gasteiger partial charge is 0.349 e. The quantitative estimate of drug-likeness (QED) is 0.725. The van der Waals surface area contributed by atoms with E-state index in [2.05, 4.69) is 16.9 Å². The second-order valence-corrected chi connectivity index (χ2v) is 5.56. The maximum absolute atomic E-state index is 13.1. The number of rotatable bonds is 6. The van der Waals surface area contributed by atoms with Gasteiger partial charge < -0.3 is 9.88 Å². The average molecular weight is 347 g/mol. The van der Waals surface area contributed by atoms with Gasteiger partial charge in [0, 0.05) is 30.1 Å². The van der Waals surface area contributed by atoms with Crippen LogP contribution in [0.1, 0.15) is 16.2 Å². The topological polar surface area (TPSA) is 46.9 Å². The molecule has 0 aliphatic carbocycles. The molecule has 3 aromatic rings. The van der Waals surface area contributed by atoms with Crippen molar-refractivity contribution in [1.82, 2.24) is 14.9 Å². The second kappa shape index (κ2) is 8.07. The first-order chi connectivity index (χ1) is 12.7. The number of nitrogens with zero attached hydrogens (tertiary/aromatic N) is 2. The van der Waals surface area contributed by atoms with Gasteiger partial charge in [-0.3, -0.25) is 4.79 Å². The number of amides is 1. The van der Waals surface area contributed by atoms with Crippen LogP contribution in [0.25, 0.3) is 23.5 Å². The average Bonchev–Trinajstić information content (AvgIpc) is 3.09. The Bertz CT molecular complexity index is 928. The number of hydrogen-bond donors (Lipinski definition) is 1. The third kappa shape index (κ3) is 4.13. The lowest BCUT2D eigenvalue weighted by Crippen LogP contribution is -2.23. The minimum atomic E-state index is -0.286. The Kier molecular flexibility index (Phi) is 5.39. The Morgan fingerprint density at radius 2 is 1.88 bits per heavy atom. The Balaban J connectivity index is 1.67. The van der Waals surface area contributed by atoms with Gasteiger partial charge in [-0.2, -0.15) is 0 Å². The number of hydrogen-bond acceptors (Lipinski definition) is 2. The molecule has 0 aliphatic heterocycles. The highest BCUT2D eigenvalue weighted by Gasteiger charge is 2.06. The van der Waals surface area contributed by atoms with Gasteiger partial charge >= 0.3 is 0 Å². The molecule has 0 bridgehead atoms. The number of benzene rings is 2. The Labute approximate surface area is 151 Å². The van der Waals surface area contributed by atoms with E-state index in [0.29, 0.717) is 17.9 Å². The Morgan fingerprint density at radius 1 is 1.15 bits per heavy atom. The molecule has 1 amide bonds. The fourth-order valence-electron chi connectivity index (χ4n) is 2.44. The molecule has 0 saturated heterocycles. The van der Waals surface area contributed by atoms with E-state index in [9.17, 15) is 9.18 Å². The third-order valence-corrected chi connectivity index (χ3v) is 3.78. The molecule has 1 heterocycles. The van der Waals surface area contributed by atoms with Gasteiger partial charge in [-0.05, 0) is 42.5 Å². The number of carbonyl (C=O) groups is 1. The molecule has 0 spiro atoms. The summed E-state index contributed by atoms with van der Waals surface area (Å²) in [4.78, 5) is 16.5. The van der Waals surface area contributed by atoms with Gasteiger partial charge in [0.15, 0.2) is 0 Å². The fraction of sp³-hybridized carbons (Fsp3) is 0.0476. The van der Waals surface area contributed by atoms with Crippen LogP contribution in [-0.4, -0.2) is 22.0 Å². The van der Waals surface area contributed by atoms with Gasteiger partial charge in [-0.15, -0.1) is 0 Å². The van der Waals surface area contributed by atoms with E-state index in [1.54, 1.807) is 41.1 Å². The molecular formula is C21H18FN3O. The summed E-state index contributed by atoms with van der Waals surface area (Å²) in [6.07, 6.45) is 7.09. The highest BCUT2D eigenvalue weighted by atomic mass is 19.1. The molecule has 0 aliphatic rings. The minimum absolute atomic E-state index is 0.130. The minimum Gasteiger partial charge on any atom is -0.349 e. The molecule has 1 N–H and O–H groups in total. The van der Waals surface area contributed by atoms with Crippen LogP contribution >= 0.6 is 0 Å². The van der Waals surface area contributed by atoms with Crippen LogP contribution in [0.3, 0.4) is 0 Å². The first-order valence-electron chi connectivity index (χ1n) is 8.14. The van der Waals surface area contributed by atoms with Gasteiger partial charge in [0.05, 0.1) is 5.69 Å². The number of carbonyl (C=O) groups excluding carboxylic acids is 1. The molecule has 4 nitrogen and oxygen atoms in total. The van der Waals surface area contributed by atoms with Crippen molar-refractivity contribution >= 4 is 18.2 Å². The Morgan fingerprint density at radius 3 is 2.58 bits per heavy atom. The number of halogens is 1. The first-order valence-corrected chi connectivity index (χ1v) is 8.14. The van der Waals surface area contributed by atoms with Gasteiger partial charge in [-0.25, -0.2) is 9.37 Å². The number of nitrogens with one attached hydrogen (secondary N) is 1. The SMILES string of the molecule is C=Cn1cc(-c2ccc(F)cc2)nc1/C=C\CNC(=O)c1ccccc1. The van der Waals surface area contributed by atoms with Gasteiger partial charge in [0.1, 0.15) is 11.6 Å². The first kappa shape index (κ1) is 17.4. The summed E-state index contributed by atoms with van der Waals surface area (Å²) in [6, 6.07) is 15.2. The van der Waals surface area contributed by atoms with Crippen LogP contribution in [0.5, 0.6) is 0 Å². The van der Waals surface area contributed by atoms with Crippen molar-refractivity contribution in [3.63, 3.8) is 0 Å². The lowest BCUT2D eigenvalue weighted by Gasteiger charge is -2.01. The molecule has 130 valence electrons. The molecule has 5 heteroatoms. The Hall–Kier alpha value is -3.47. The summed E-state index contributed by atoms with van der Waals surface area (Å²) in [5.41, 5.74) is 2.16. The molecule has 0 unspecified atom stereocenters. The lowest BCUT2D eigenvalue weighted by molar-refractivity contribution is 0.0958. The molecule has 0 saturated carbocycles. The van der Waals surface area contributed by atoms with Crippen LogP contribution in [0.4, 0.5) is 4.39 Å². The summed E-state index contributed by atoms with van der Waals surface area (Å²) in [6.45, 7) is 4.15. The highest BCUT2D eigenvalue weighted by molar-refractivity contribution is 5.94. The molecule has 0 fully saturated rings. The van der Waals surface area contributed by atoms with Crippen molar-refractivity contribution in [2.75, 3.05) is 6.54 Å². The summed E-state index contributed by atoms with van der Waals surface area (Å²) < 4.78 is 14.8. The normalized spacial score (nSPS) is 10.8. The van der Waals surface area contributed by atoms with Crippen molar-refractivity contribution < 1.29 is 9.18 Å². The number of imidazole rings is 1. The zero-order valence-corrected chi connectivity index (χ0v) is 14.1. The molecule has 3 rings (SSSR count). The maximum atomic E-state index is 13.1. The monoisotopic (exact) mass is 347 g/mol. The zero-order valence-electron chi connectivity index (χ0n) is 14.1. The van der Waals surface area contributed by atoms with Gasteiger partial charge in [0.2, 0.25) is 0 Å². The van der Waals surface area contributed by atoms with E-state index >= 15 is 0 Å². The summed E-state index contributed by atoms with van der Waals surface area (Å²) >= 11 is 0. The zero-order chi connectivity index (χ0) is 18.4. The second-order valence-electron chi connectivity index (χ2n) is 5.56. The predicted molar refractivity (Wildman–Crippen MR) is 102 cm³/mol. The van der Waals surface area contributed by atoms with Crippen LogP contribution in [0.2, 0.25) is 0 Å². The lowest BCUT2D eigenvalue weighted by atomic mass is 10.2. The standard InChI is InChI=1S/C21H18FN3O/c1-2-25-15-19(16-10-12-18(22)13-11-16)24-20(25)9-6-14-23-21(26)17-7-4-3-5-8-17/h2-13,15H,1,14H2,(H,23,26)/b9-6-. The van der Waals surface area contributed by atoms with Crippen LogP contribution < -0.4 is 5.32 Å². The van der Waals surface area contributed by atoms with E-state index in [4.69, 9.17) is 0 Å². The van der Waals surface area contributed by atoms with Crippen molar-refractivity contribution in [1.29, 1.82) is 0 Å². The van der Waals surface area contributed by atoms with Gasteiger partial charge in [-0.1, -0.05) is 30.9 Å². The predicted octanol–water partition coefficient (Wildman–Crippen LogP) is 4.23. The van der Waals surface area contributed by atoms with Crippen molar-refractivity contribution in [2.45, 2.75) is 0 Å². The molecule has 2 aromatic carbocycles. The van der Waals surface area contributed by atoms with E-state index in [0.717, 1.165) is 11.3 Å². The van der Waals surface area contributed by atoms with Crippen molar-refractivity contribution in [3.8, 4) is 11.3 Å². The highest BCUT2D eigenvalue weighted by Crippen LogP contribution is 2.20. The summed E-state index contributed by atoms with van der Waals surface area (Å²) in [7, 11) is 0. The third-order valence-electron chi connectivity index (χ3n) is 3.78. The van der Waals surface area contributed by atoms with E-state index in [1.807, 2.05) is 30.5 Å². The van der Waals surface area contributed by atoms with Crippen LogP contribution in [-0.2, 0) is 0 Å². The van der Waals surface area contributed by atoms with Crippen LogP contribution in [0, 0.1) is 5.82 Å². The van der Waals surface area contributed by atoms with Crippen molar-refractivity contribution in [2.24, 2.45) is 0 Å². The van der Waals surface area contributed by atoms with E-state index in [1.165, 1.54) is 12.1 Å². The molecule has 26 heavy (non-hydrogen) atoms. The van der Waals surface area contributed by atoms with E-state index in [-0.39, 0.29) is 11.7 Å². The smallest absolute Gasteiger partial charge is 0.251 e. The van der Waals surface area contributed by atoms with E-state index < -0.39 is 0 Å². The summed E-state index contributed by atoms with van der Waals surface area (Å²) in [5.74, 6) is 0.258. The summed E-state index contributed by atoms with van der Waals surface area (Å²) in [5, 5.41) is 2.82. The fourth-order valence-corrected chi connectivity index (χ4v) is 2.44. The van der Waals surface area contributed by atoms with Crippen LogP contribution in [0.15, 0.2) is 73.4 Å². The molecule has 0 radical (unpaired) electrons. The maximum Gasteiger partial charge on any atom is 0.251 e. The van der Waals surface area contributed by atoms with Crippen molar-refractivity contribution in [3.05, 3.63) is 90.7 Å². The molecular weight excluding hydrogens is 329 g/mol. The molecule has 1 aromatic heterocycles. The molecule has 0 atom stereocenters. The number of aromatic nitrogens is 2. The van der Waals surface area contributed by atoms with Gasteiger partial charge in [0.25, 0.3) is 5.91 Å².